The van der Waals surface area contributed by atoms with Gasteiger partial charge in [-0.05, 0) is 47.9 Å². The Morgan fingerprint density at radius 1 is 0.857 bits per heavy atom. The van der Waals surface area contributed by atoms with Crippen molar-refractivity contribution >= 4 is 5.97 Å². The molecule has 0 spiro atoms. The first-order chi connectivity index (χ1) is 9.23. The van der Waals surface area contributed by atoms with Gasteiger partial charge in [-0.25, -0.2) is 4.79 Å². The highest BCUT2D eigenvalue weighted by Crippen LogP contribution is 2.34. The number of hydrogen-bond donors (Lipinski definition) is 1. The van der Waals surface area contributed by atoms with E-state index in [0.29, 0.717) is 5.75 Å². The largest absolute Gasteiger partial charge is 0.478 e. The summed E-state index contributed by atoms with van der Waals surface area (Å²) < 4.78 is 5.74. The number of rotatable bonds is 3. The van der Waals surface area contributed by atoms with Crippen LogP contribution in [0.3, 0.4) is 0 Å². The molecular formula is C18H28O3. The molecule has 0 aliphatic heterocycles. The standard InChI is InChI=1S/C18H28O3/c1-16(2,3)12-9-13(17(4,5)6)11-14(10-12)21-18(7,8)15(19)20/h9-11H,1-8H3,(H,19,20). The molecule has 0 heterocycles. The van der Waals surface area contributed by atoms with E-state index in [4.69, 9.17) is 4.74 Å². The number of carboxylic acids is 1. The van der Waals surface area contributed by atoms with Gasteiger partial charge in [0.25, 0.3) is 0 Å². The van der Waals surface area contributed by atoms with Crippen LogP contribution in [0.2, 0.25) is 0 Å². The van der Waals surface area contributed by atoms with Crippen molar-refractivity contribution in [3.63, 3.8) is 0 Å². The summed E-state index contributed by atoms with van der Waals surface area (Å²) in [5.41, 5.74) is 1.00. The smallest absolute Gasteiger partial charge is 0.347 e. The average molecular weight is 292 g/mol. The van der Waals surface area contributed by atoms with Crippen molar-refractivity contribution in [2.45, 2.75) is 71.8 Å². The van der Waals surface area contributed by atoms with E-state index in [1.807, 2.05) is 12.1 Å². The van der Waals surface area contributed by atoms with Crippen molar-refractivity contribution in [2.24, 2.45) is 0 Å². The molecule has 0 saturated heterocycles. The van der Waals surface area contributed by atoms with Crippen LogP contribution in [0.25, 0.3) is 0 Å². The Hall–Kier alpha value is -1.51. The van der Waals surface area contributed by atoms with Gasteiger partial charge in [0.05, 0.1) is 0 Å². The van der Waals surface area contributed by atoms with Crippen molar-refractivity contribution in [2.75, 3.05) is 0 Å². The number of hydrogen-bond acceptors (Lipinski definition) is 2. The minimum Gasteiger partial charge on any atom is -0.478 e. The molecule has 1 aromatic carbocycles. The maximum Gasteiger partial charge on any atom is 0.347 e. The zero-order valence-electron chi connectivity index (χ0n) is 14.5. The molecule has 0 radical (unpaired) electrons. The SMILES string of the molecule is CC(C)(Oc1cc(C(C)(C)C)cc(C(C)(C)C)c1)C(=O)O. The van der Waals surface area contributed by atoms with Gasteiger partial charge in [0.15, 0.2) is 5.60 Å². The number of carbonyl (C=O) groups is 1. The van der Waals surface area contributed by atoms with Crippen LogP contribution in [0.1, 0.15) is 66.5 Å². The normalized spacial score (nSPS) is 13.1. The highest BCUT2D eigenvalue weighted by Gasteiger charge is 2.30. The van der Waals surface area contributed by atoms with Crippen molar-refractivity contribution in [3.05, 3.63) is 29.3 Å². The van der Waals surface area contributed by atoms with Crippen molar-refractivity contribution in [1.82, 2.24) is 0 Å². The summed E-state index contributed by atoms with van der Waals surface area (Å²) in [5.74, 6) is -0.360. The molecular weight excluding hydrogens is 264 g/mol. The maximum absolute atomic E-state index is 11.3. The first kappa shape index (κ1) is 17.5. The van der Waals surface area contributed by atoms with E-state index >= 15 is 0 Å². The van der Waals surface area contributed by atoms with Gasteiger partial charge in [-0.3, -0.25) is 0 Å². The van der Waals surface area contributed by atoms with Crippen LogP contribution in [-0.4, -0.2) is 16.7 Å². The molecule has 0 aliphatic carbocycles. The predicted octanol–water partition coefficient (Wildman–Crippen LogP) is 4.52. The lowest BCUT2D eigenvalue weighted by Crippen LogP contribution is -2.38. The summed E-state index contributed by atoms with van der Waals surface area (Å²) in [6.07, 6.45) is 0. The van der Waals surface area contributed by atoms with Crippen molar-refractivity contribution in [1.29, 1.82) is 0 Å². The molecule has 118 valence electrons. The number of ether oxygens (including phenoxy) is 1. The zero-order valence-corrected chi connectivity index (χ0v) is 14.5. The van der Waals surface area contributed by atoms with E-state index < -0.39 is 11.6 Å². The fourth-order valence-electron chi connectivity index (χ4n) is 1.86. The highest BCUT2D eigenvalue weighted by atomic mass is 16.5. The molecule has 0 unspecified atom stereocenters. The van der Waals surface area contributed by atoms with Crippen LogP contribution in [0.15, 0.2) is 18.2 Å². The summed E-state index contributed by atoms with van der Waals surface area (Å²) in [5, 5.41) is 9.24. The number of benzene rings is 1. The minimum absolute atomic E-state index is 0.0211. The maximum atomic E-state index is 11.3. The van der Waals surface area contributed by atoms with Gasteiger partial charge in [-0.1, -0.05) is 47.6 Å². The van der Waals surface area contributed by atoms with Crippen LogP contribution in [0.5, 0.6) is 5.75 Å². The van der Waals surface area contributed by atoms with Gasteiger partial charge >= 0.3 is 5.97 Å². The summed E-state index contributed by atoms with van der Waals surface area (Å²) in [6.45, 7) is 16.0. The Balaban J connectivity index is 3.36. The van der Waals surface area contributed by atoms with Gasteiger partial charge in [0.2, 0.25) is 0 Å². The van der Waals surface area contributed by atoms with E-state index in [2.05, 4.69) is 47.6 Å². The molecule has 0 amide bonds. The third-order valence-electron chi connectivity index (χ3n) is 3.53. The van der Waals surface area contributed by atoms with Crippen LogP contribution in [-0.2, 0) is 15.6 Å². The molecule has 0 aromatic heterocycles. The molecule has 21 heavy (non-hydrogen) atoms. The second-order valence-corrected chi connectivity index (χ2v) is 8.16. The van der Waals surface area contributed by atoms with Crippen LogP contribution >= 0.6 is 0 Å². The van der Waals surface area contributed by atoms with Crippen molar-refractivity contribution < 1.29 is 14.6 Å². The molecule has 1 rings (SSSR count). The number of aliphatic carboxylic acids is 1. The highest BCUT2D eigenvalue weighted by molar-refractivity contribution is 5.76. The van der Waals surface area contributed by atoms with E-state index in [-0.39, 0.29) is 10.8 Å². The van der Waals surface area contributed by atoms with E-state index in [1.165, 1.54) is 0 Å². The molecule has 0 atom stereocenters. The van der Waals surface area contributed by atoms with E-state index in [9.17, 15) is 9.90 Å². The van der Waals surface area contributed by atoms with E-state index in [0.717, 1.165) is 11.1 Å². The lowest BCUT2D eigenvalue weighted by molar-refractivity contribution is -0.152. The molecule has 3 heteroatoms. The van der Waals surface area contributed by atoms with Crippen LogP contribution < -0.4 is 4.74 Å². The Kier molecular flexibility index (Phi) is 4.48. The molecule has 1 N–H and O–H groups in total. The molecule has 0 saturated carbocycles. The summed E-state index contributed by atoms with van der Waals surface area (Å²) in [7, 11) is 0. The Morgan fingerprint density at radius 2 is 1.24 bits per heavy atom. The fraction of sp³-hybridized carbons (Fsp3) is 0.611. The Labute approximate surface area is 128 Å². The summed E-state index contributed by atoms with van der Waals surface area (Å²) in [6, 6.07) is 6.07. The molecule has 0 fully saturated rings. The van der Waals surface area contributed by atoms with Gasteiger partial charge < -0.3 is 9.84 Å². The Morgan fingerprint density at radius 3 is 1.52 bits per heavy atom. The fourth-order valence-corrected chi connectivity index (χ4v) is 1.86. The predicted molar refractivity (Wildman–Crippen MR) is 86.2 cm³/mol. The number of carboxylic acid groups (broad SMARTS) is 1. The van der Waals surface area contributed by atoms with Gasteiger partial charge in [-0.2, -0.15) is 0 Å². The molecule has 0 bridgehead atoms. The lowest BCUT2D eigenvalue weighted by atomic mass is 9.80. The third-order valence-corrected chi connectivity index (χ3v) is 3.53. The topological polar surface area (TPSA) is 46.5 Å². The molecule has 0 aliphatic rings. The van der Waals surface area contributed by atoms with Crippen LogP contribution in [0, 0.1) is 0 Å². The van der Waals surface area contributed by atoms with Crippen molar-refractivity contribution in [3.8, 4) is 5.75 Å². The zero-order chi connectivity index (χ0) is 16.6. The summed E-state index contributed by atoms with van der Waals surface area (Å²) >= 11 is 0. The molecule has 1 aromatic rings. The first-order valence-corrected chi connectivity index (χ1v) is 7.32. The van der Waals surface area contributed by atoms with E-state index in [1.54, 1.807) is 13.8 Å². The van der Waals surface area contributed by atoms with Gasteiger partial charge in [-0.15, -0.1) is 0 Å². The first-order valence-electron chi connectivity index (χ1n) is 7.32. The van der Waals surface area contributed by atoms with Crippen LogP contribution in [0.4, 0.5) is 0 Å². The average Bonchev–Trinajstić information content (AvgIpc) is 2.25. The quantitative estimate of drug-likeness (QED) is 0.890. The minimum atomic E-state index is -1.24. The summed E-state index contributed by atoms with van der Waals surface area (Å²) in [4.78, 5) is 11.3. The second kappa shape index (κ2) is 5.36. The lowest BCUT2D eigenvalue weighted by Gasteiger charge is -2.28. The Bertz CT molecular complexity index is 496. The monoisotopic (exact) mass is 292 g/mol. The third kappa shape index (κ3) is 4.48. The van der Waals surface area contributed by atoms with Gasteiger partial charge in [0.1, 0.15) is 5.75 Å². The molecule has 3 nitrogen and oxygen atoms in total. The second-order valence-electron chi connectivity index (χ2n) is 8.16. The van der Waals surface area contributed by atoms with Gasteiger partial charge in [0, 0.05) is 0 Å².